The van der Waals surface area contributed by atoms with Crippen molar-refractivity contribution in [2.45, 2.75) is 19.9 Å². The number of nitrogens with zero attached hydrogens (tertiary/aromatic N) is 1. The summed E-state index contributed by atoms with van der Waals surface area (Å²) in [7, 11) is 0. The van der Waals surface area contributed by atoms with E-state index in [9.17, 15) is 9.59 Å². The number of benzene rings is 1. The Labute approximate surface area is 129 Å². The number of anilines is 1. The molecular formula is C14H20N4O2S. The second-order valence-corrected chi connectivity index (χ2v) is 5.04. The summed E-state index contributed by atoms with van der Waals surface area (Å²) in [5.41, 5.74) is 12.0. The van der Waals surface area contributed by atoms with Gasteiger partial charge in [0.15, 0.2) is 0 Å². The first-order chi connectivity index (χ1) is 9.86. The molecule has 0 saturated heterocycles. The number of nitrogens with one attached hydrogen (secondary N) is 1. The quantitative estimate of drug-likeness (QED) is 0.635. The van der Waals surface area contributed by atoms with Gasteiger partial charge in [-0.2, -0.15) is 0 Å². The van der Waals surface area contributed by atoms with Gasteiger partial charge in [-0.25, -0.2) is 0 Å². The van der Waals surface area contributed by atoms with E-state index in [1.54, 1.807) is 36.1 Å². The van der Waals surface area contributed by atoms with Crippen LogP contribution >= 0.6 is 12.2 Å². The summed E-state index contributed by atoms with van der Waals surface area (Å²) in [5, 5.41) is 2.78. The summed E-state index contributed by atoms with van der Waals surface area (Å²) in [6.45, 7) is 4.14. The molecular weight excluding hydrogens is 288 g/mol. The summed E-state index contributed by atoms with van der Waals surface area (Å²) in [6, 6.07) is 6.54. The van der Waals surface area contributed by atoms with E-state index in [1.165, 1.54) is 0 Å². The second-order valence-electron chi connectivity index (χ2n) is 4.60. The molecule has 7 heteroatoms. The Kier molecular flexibility index (Phi) is 6.26. The van der Waals surface area contributed by atoms with Gasteiger partial charge in [0.2, 0.25) is 11.8 Å². The number of likely N-dealkylation sites (N-methyl/N-ethyl adjacent to an activating group) is 1. The minimum Gasteiger partial charge on any atom is -0.389 e. The molecule has 0 aliphatic rings. The average Bonchev–Trinajstić information content (AvgIpc) is 2.44. The Morgan fingerprint density at radius 3 is 2.48 bits per heavy atom. The summed E-state index contributed by atoms with van der Waals surface area (Å²) in [6.07, 6.45) is 0. The minimum absolute atomic E-state index is 0.0298. The molecule has 1 rings (SSSR count). The molecule has 21 heavy (non-hydrogen) atoms. The zero-order valence-corrected chi connectivity index (χ0v) is 12.9. The Morgan fingerprint density at radius 2 is 1.95 bits per heavy atom. The lowest BCUT2D eigenvalue weighted by atomic mass is 10.1. The monoisotopic (exact) mass is 308 g/mol. The van der Waals surface area contributed by atoms with Crippen molar-refractivity contribution in [3.8, 4) is 0 Å². The number of para-hydroxylation sites is 1. The highest BCUT2D eigenvalue weighted by molar-refractivity contribution is 7.80. The first kappa shape index (κ1) is 17.1. The van der Waals surface area contributed by atoms with E-state index in [0.717, 1.165) is 0 Å². The van der Waals surface area contributed by atoms with Crippen LogP contribution in [-0.4, -0.2) is 40.8 Å². The third-order valence-corrected chi connectivity index (χ3v) is 3.36. The van der Waals surface area contributed by atoms with Crippen molar-refractivity contribution >= 4 is 34.7 Å². The zero-order chi connectivity index (χ0) is 16.0. The SMILES string of the molecule is CCN(CC(N)=O)C(C)C(=O)Nc1ccccc1C(N)=S. The molecule has 0 radical (unpaired) electrons. The maximum atomic E-state index is 12.3. The topological polar surface area (TPSA) is 101 Å². The van der Waals surface area contributed by atoms with E-state index in [-0.39, 0.29) is 17.4 Å². The predicted octanol–water partition coefficient (Wildman–Crippen LogP) is 0.455. The van der Waals surface area contributed by atoms with Crippen LogP contribution in [0.3, 0.4) is 0 Å². The maximum Gasteiger partial charge on any atom is 0.241 e. The lowest BCUT2D eigenvalue weighted by Crippen LogP contribution is -2.45. The fourth-order valence-electron chi connectivity index (χ4n) is 1.93. The van der Waals surface area contributed by atoms with E-state index >= 15 is 0 Å². The van der Waals surface area contributed by atoms with E-state index in [2.05, 4.69) is 5.32 Å². The summed E-state index contributed by atoms with van der Waals surface area (Å²) >= 11 is 4.95. The molecule has 1 aromatic rings. The van der Waals surface area contributed by atoms with Gasteiger partial charge in [0.25, 0.3) is 0 Å². The van der Waals surface area contributed by atoms with Crippen LogP contribution in [0, 0.1) is 0 Å². The van der Waals surface area contributed by atoms with Gasteiger partial charge in [0.05, 0.1) is 18.3 Å². The number of thiocarbonyl (C=S) groups is 1. The molecule has 1 atom stereocenters. The number of hydrogen-bond donors (Lipinski definition) is 3. The van der Waals surface area contributed by atoms with Crippen LogP contribution in [0.25, 0.3) is 0 Å². The highest BCUT2D eigenvalue weighted by atomic mass is 32.1. The zero-order valence-electron chi connectivity index (χ0n) is 12.1. The average molecular weight is 308 g/mol. The van der Waals surface area contributed by atoms with Crippen LogP contribution in [0.4, 0.5) is 5.69 Å². The third kappa shape index (κ3) is 4.80. The number of primary amides is 1. The number of rotatable bonds is 7. The van der Waals surface area contributed by atoms with Gasteiger partial charge in [0.1, 0.15) is 4.99 Å². The number of amides is 2. The second kappa shape index (κ2) is 7.70. The van der Waals surface area contributed by atoms with Crippen molar-refractivity contribution in [3.05, 3.63) is 29.8 Å². The van der Waals surface area contributed by atoms with E-state index in [4.69, 9.17) is 23.7 Å². The van der Waals surface area contributed by atoms with Crippen molar-refractivity contribution < 1.29 is 9.59 Å². The molecule has 1 aromatic carbocycles. The van der Waals surface area contributed by atoms with Crippen LogP contribution in [0.15, 0.2) is 24.3 Å². The highest BCUT2D eigenvalue weighted by Crippen LogP contribution is 2.15. The molecule has 114 valence electrons. The van der Waals surface area contributed by atoms with Crippen LogP contribution in [-0.2, 0) is 9.59 Å². The minimum atomic E-state index is -0.498. The number of nitrogens with two attached hydrogens (primary N) is 2. The van der Waals surface area contributed by atoms with Crippen molar-refractivity contribution in [1.29, 1.82) is 0 Å². The highest BCUT2D eigenvalue weighted by Gasteiger charge is 2.22. The Hall–Kier alpha value is -1.99. The summed E-state index contributed by atoms with van der Waals surface area (Å²) in [4.78, 5) is 25.2. The number of carbonyl (C=O) groups excluding carboxylic acids is 2. The van der Waals surface area contributed by atoms with Crippen molar-refractivity contribution in [3.63, 3.8) is 0 Å². The van der Waals surface area contributed by atoms with Gasteiger partial charge in [-0.1, -0.05) is 31.3 Å². The van der Waals surface area contributed by atoms with Gasteiger partial charge in [-0.3, -0.25) is 14.5 Å². The molecule has 0 aliphatic carbocycles. The molecule has 1 unspecified atom stereocenters. The summed E-state index contributed by atoms with van der Waals surface area (Å²) in [5.74, 6) is -0.721. The molecule has 0 spiro atoms. The molecule has 0 fully saturated rings. The first-order valence-corrected chi connectivity index (χ1v) is 6.99. The van der Waals surface area contributed by atoms with Gasteiger partial charge in [0, 0.05) is 5.56 Å². The molecule has 0 bridgehead atoms. The fraction of sp³-hybridized carbons (Fsp3) is 0.357. The molecule has 0 heterocycles. The van der Waals surface area contributed by atoms with Gasteiger partial charge < -0.3 is 16.8 Å². The summed E-state index contributed by atoms with van der Waals surface area (Å²) < 4.78 is 0. The largest absolute Gasteiger partial charge is 0.389 e. The Bertz CT molecular complexity index is 548. The Morgan fingerprint density at radius 1 is 1.33 bits per heavy atom. The van der Waals surface area contributed by atoms with E-state index < -0.39 is 11.9 Å². The van der Waals surface area contributed by atoms with Crippen molar-refractivity contribution in [1.82, 2.24) is 4.90 Å². The predicted molar refractivity (Wildman–Crippen MR) is 86.9 cm³/mol. The van der Waals surface area contributed by atoms with E-state index in [0.29, 0.717) is 17.8 Å². The third-order valence-electron chi connectivity index (χ3n) is 3.14. The molecule has 5 N–H and O–H groups in total. The smallest absolute Gasteiger partial charge is 0.241 e. The van der Waals surface area contributed by atoms with Gasteiger partial charge >= 0.3 is 0 Å². The van der Waals surface area contributed by atoms with Crippen molar-refractivity contribution in [2.75, 3.05) is 18.4 Å². The standard InChI is InChI=1S/C14H20N4O2S/c1-3-18(8-12(15)19)9(2)14(20)17-11-7-5-4-6-10(11)13(16)21/h4-7,9H,3,8H2,1-2H3,(H2,15,19)(H2,16,21)(H,17,20). The molecule has 0 aliphatic heterocycles. The fourth-order valence-corrected chi connectivity index (χ4v) is 2.11. The Balaban J connectivity index is 2.85. The van der Waals surface area contributed by atoms with Gasteiger partial charge in [-0.15, -0.1) is 0 Å². The normalized spacial score (nSPS) is 12.0. The van der Waals surface area contributed by atoms with Crippen LogP contribution in [0.2, 0.25) is 0 Å². The number of carbonyl (C=O) groups is 2. The van der Waals surface area contributed by atoms with Crippen LogP contribution in [0.1, 0.15) is 19.4 Å². The van der Waals surface area contributed by atoms with Gasteiger partial charge in [-0.05, 0) is 25.6 Å². The first-order valence-electron chi connectivity index (χ1n) is 6.58. The van der Waals surface area contributed by atoms with Crippen molar-refractivity contribution in [2.24, 2.45) is 11.5 Å². The molecule has 2 amide bonds. The lowest BCUT2D eigenvalue weighted by molar-refractivity contribution is -0.123. The molecule has 6 nitrogen and oxygen atoms in total. The maximum absolute atomic E-state index is 12.3. The van der Waals surface area contributed by atoms with Crippen LogP contribution in [0.5, 0.6) is 0 Å². The van der Waals surface area contributed by atoms with E-state index in [1.807, 2.05) is 6.92 Å². The lowest BCUT2D eigenvalue weighted by Gasteiger charge is -2.25. The molecule has 0 saturated carbocycles. The molecule has 0 aromatic heterocycles. The van der Waals surface area contributed by atoms with Crippen LogP contribution < -0.4 is 16.8 Å². The number of hydrogen-bond acceptors (Lipinski definition) is 4.